The van der Waals surface area contributed by atoms with E-state index in [0.717, 1.165) is 17.8 Å². The van der Waals surface area contributed by atoms with Crippen molar-refractivity contribution < 1.29 is 14.0 Å². The Kier molecular flexibility index (Phi) is 3.27. The van der Waals surface area contributed by atoms with E-state index in [-0.39, 0.29) is 5.56 Å². The standard InChI is InChI=1S/C12H8FN3O2S2/c1-2-9-15-12(20-16-9)19-8-4-7-5(3-6(8)13)10(17)11(18)14-7/h3-4H,2H2,1H3,(H,14,17,18). The van der Waals surface area contributed by atoms with Crippen LogP contribution in [0.2, 0.25) is 0 Å². The van der Waals surface area contributed by atoms with Crippen LogP contribution in [0.1, 0.15) is 23.1 Å². The Morgan fingerprint density at radius 3 is 2.90 bits per heavy atom. The number of aromatic nitrogens is 2. The molecule has 0 bridgehead atoms. The molecule has 0 saturated carbocycles. The summed E-state index contributed by atoms with van der Waals surface area (Å²) in [5.74, 6) is -1.28. The van der Waals surface area contributed by atoms with Gasteiger partial charge >= 0.3 is 0 Å². The van der Waals surface area contributed by atoms with Crippen LogP contribution in [-0.4, -0.2) is 21.0 Å². The lowest BCUT2D eigenvalue weighted by atomic mass is 10.1. The van der Waals surface area contributed by atoms with Gasteiger partial charge in [-0.25, -0.2) is 9.37 Å². The predicted molar refractivity (Wildman–Crippen MR) is 72.8 cm³/mol. The van der Waals surface area contributed by atoms with E-state index in [4.69, 9.17) is 0 Å². The molecule has 1 amide bonds. The summed E-state index contributed by atoms with van der Waals surface area (Å²) in [5.41, 5.74) is 0.410. The van der Waals surface area contributed by atoms with Gasteiger partial charge in [0.2, 0.25) is 0 Å². The number of carbonyl (C=O) groups is 2. The molecular weight excluding hydrogens is 301 g/mol. The van der Waals surface area contributed by atoms with Crippen LogP contribution in [0.5, 0.6) is 0 Å². The lowest BCUT2D eigenvalue weighted by molar-refractivity contribution is -0.112. The van der Waals surface area contributed by atoms with Crippen molar-refractivity contribution in [2.24, 2.45) is 0 Å². The third-order valence-corrected chi connectivity index (χ3v) is 4.56. The molecule has 1 N–H and O–H groups in total. The number of ketones is 1. The van der Waals surface area contributed by atoms with E-state index >= 15 is 0 Å². The van der Waals surface area contributed by atoms with Crippen molar-refractivity contribution in [3.63, 3.8) is 0 Å². The molecule has 0 radical (unpaired) electrons. The molecule has 0 unspecified atom stereocenters. The molecule has 0 fully saturated rings. The van der Waals surface area contributed by atoms with Crippen LogP contribution in [0.4, 0.5) is 10.1 Å². The van der Waals surface area contributed by atoms with Crippen LogP contribution < -0.4 is 5.32 Å². The largest absolute Gasteiger partial charge is 0.318 e. The zero-order valence-electron chi connectivity index (χ0n) is 10.3. The fraction of sp³-hybridized carbons (Fsp3) is 0.167. The average molecular weight is 309 g/mol. The maximum absolute atomic E-state index is 14.0. The number of amides is 1. The highest BCUT2D eigenvalue weighted by Gasteiger charge is 2.29. The fourth-order valence-corrected chi connectivity index (χ4v) is 3.44. The second-order valence-corrected chi connectivity index (χ2v) is 6.08. The van der Waals surface area contributed by atoms with Crippen molar-refractivity contribution in [3.8, 4) is 0 Å². The molecule has 1 aromatic carbocycles. The summed E-state index contributed by atoms with van der Waals surface area (Å²) in [4.78, 5) is 27.2. The second kappa shape index (κ2) is 4.95. The molecule has 0 saturated heterocycles. The molecule has 1 aliphatic rings. The number of hydrogen-bond donors (Lipinski definition) is 1. The minimum atomic E-state index is -0.731. The van der Waals surface area contributed by atoms with Crippen molar-refractivity contribution in [1.82, 2.24) is 9.36 Å². The first kappa shape index (κ1) is 13.2. The third-order valence-electron chi connectivity index (χ3n) is 2.73. The van der Waals surface area contributed by atoms with Crippen molar-refractivity contribution in [2.45, 2.75) is 22.6 Å². The lowest BCUT2D eigenvalue weighted by Crippen LogP contribution is -2.12. The number of halogens is 1. The summed E-state index contributed by atoms with van der Waals surface area (Å²) in [6.07, 6.45) is 0.717. The van der Waals surface area contributed by atoms with Crippen molar-refractivity contribution in [2.75, 3.05) is 5.32 Å². The first-order valence-corrected chi connectivity index (χ1v) is 7.37. The van der Waals surface area contributed by atoms with Crippen LogP contribution in [0.15, 0.2) is 21.4 Å². The number of rotatable bonds is 3. The van der Waals surface area contributed by atoms with E-state index in [2.05, 4.69) is 14.7 Å². The highest BCUT2D eigenvalue weighted by molar-refractivity contribution is 8.01. The molecule has 102 valence electrons. The van der Waals surface area contributed by atoms with Crippen molar-refractivity contribution in [1.29, 1.82) is 0 Å². The summed E-state index contributed by atoms with van der Waals surface area (Å²) in [7, 11) is 0. The number of benzene rings is 1. The molecular formula is C12H8FN3O2S2. The number of nitrogens with one attached hydrogen (secondary N) is 1. The van der Waals surface area contributed by atoms with E-state index in [0.29, 0.717) is 27.2 Å². The Morgan fingerprint density at radius 1 is 1.40 bits per heavy atom. The normalized spacial score (nSPS) is 13.5. The Labute approximate surface area is 121 Å². The van der Waals surface area contributed by atoms with Gasteiger partial charge in [0.15, 0.2) is 4.34 Å². The monoisotopic (exact) mass is 309 g/mol. The third kappa shape index (κ3) is 2.20. The van der Waals surface area contributed by atoms with Gasteiger partial charge in [-0.15, -0.1) is 0 Å². The molecule has 1 aliphatic heterocycles. The molecule has 3 rings (SSSR count). The van der Waals surface area contributed by atoms with Crippen LogP contribution in [0.25, 0.3) is 0 Å². The van der Waals surface area contributed by atoms with Crippen molar-refractivity contribution >= 4 is 40.7 Å². The molecule has 8 heteroatoms. The first-order valence-electron chi connectivity index (χ1n) is 5.78. The van der Waals surface area contributed by atoms with Crippen LogP contribution in [0.3, 0.4) is 0 Å². The molecule has 5 nitrogen and oxygen atoms in total. The van der Waals surface area contributed by atoms with Gasteiger partial charge < -0.3 is 5.32 Å². The summed E-state index contributed by atoms with van der Waals surface area (Å²) < 4.78 is 18.7. The average Bonchev–Trinajstić information content (AvgIpc) is 2.98. The molecule has 2 aromatic rings. The number of hydrogen-bond acceptors (Lipinski definition) is 6. The lowest BCUT2D eigenvalue weighted by Gasteiger charge is -2.03. The van der Waals surface area contributed by atoms with E-state index in [1.807, 2.05) is 6.92 Å². The highest BCUT2D eigenvalue weighted by atomic mass is 32.2. The summed E-state index contributed by atoms with van der Waals surface area (Å²) in [6.45, 7) is 1.94. The Balaban J connectivity index is 1.93. The van der Waals surface area contributed by atoms with E-state index < -0.39 is 17.5 Å². The molecule has 1 aromatic heterocycles. The number of nitrogens with zero attached hydrogens (tertiary/aromatic N) is 2. The van der Waals surface area contributed by atoms with Gasteiger partial charge in [-0.2, -0.15) is 4.37 Å². The maximum Gasteiger partial charge on any atom is 0.296 e. The van der Waals surface area contributed by atoms with Gasteiger partial charge in [0.25, 0.3) is 11.7 Å². The number of aryl methyl sites for hydroxylation is 1. The minimum Gasteiger partial charge on any atom is -0.318 e. The fourth-order valence-electron chi connectivity index (χ4n) is 1.74. The highest BCUT2D eigenvalue weighted by Crippen LogP contribution is 2.36. The van der Waals surface area contributed by atoms with Gasteiger partial charge in [0.05, 0.1) is 16.1 Å². The van der Waals surface area contributed by atoms with Crippen molar-refractivity contribution in [3.05, 3.63) is 29.3 Å². The van der Waals surface area contributed by atoms with Crippen LogP contribution in [-0.2, 0) is 11.2 Å². The SMILES string of the molecule is CCc1nsc(Sc2cc3c(cc2F)C(=O)C(=O)N3)n1. The molecule has 0 spiro atoms. The molecule has 20 heavy (non-hydrogen) atoms. The zero-order valence-corrected chi connectivity index (χ0v) is 11.9. The minimum absolute atomic E-state index is 0.0726. The van der Waals surface area contributed by atoms with Gasteiger partial charge in [-0.05, 0) is 23.7 Å². The zero-order chi connectivity index (χ0) is 14.3. The molecule has 0 aliphatic carbocycles. The topological polar surface area (TPSA) is 72.0 Å². The van der Waals surface area contributed by atoms with E-state index in [9.17, 15) is 14.0 Å². The smallest absolute Gasteiger partial charge is 0.296 e. The molecule has 0 atom stereocenters. The van der Waals surface area contributed by atoms with E-state index in [1.165, 1.54) is 17.6 Å². The number of fused-ring (bicyclic) bond motifs is 1. The predicted octanol–water partition coefficient (Wildman–Crippen LogP) is 2.53. The Morgan fingerprint density at radius 2 is 2.20 bits per heavy atom. The van der Waals surface area contributed by atoms with E-state index in [1.54, 1.807) is 0 Å². The van der Waals surface area contributed by atoms with Gasteiger partial charge in [0.1, 0.15) is 11.6 Å². The maximum atomic E-state index is 14.0. The first-order chi connectivity index (χ1) is 9.58. The number of Topliss-reactive ketones (excluding diaryl/α,β-unsaturated/α-hetero) is 1. The summed E-state index contributed by atoms with van der Waals surface area (Å²) in [5, 5.41) is 2.42. The van der Waals surface area contributed by atoms with Crippen LogP contribution >= 0.6 is 23.3 Å². The van der Waals surface area contributed by atoms with Gasteiger partial charge in [0, 0.05) is 6.42 Å². The quantitative estimate of drug-likeness (QED) is 0.882. The summed E-state index contributed by atoms with van der Waals surface area (Å²) in [6, 6.07) is 2.53. The molecule has 2 heterocycles. The van der Waals surface area contributed by atoms with Gasteiger partial charge in [-0.1, -0.05) is 18.7 Å². The number of carbonyl (C=O) groups excluding carboxylic acids is 2. The number of anilines is 1. The Hall–Kier alpha value is -1.80. The second-order valence-electron chi connectivity index (χ2n) is 4.04. The van der Waals surface area contributed by atoms with Gasteiger partial charge in [-0.3, -0.25) is 9.59 Å². The van der Waals surface area contributed by atoms with Crippen LogP contribution in [0, 0.1) is 5.82 Å². The summed E-state index contributed by atoms with van der Waals surface area (Å²) >= 11 is 2.32. The Bertz CT molecular complexity index is 729.